The van der Waals surface area contributed by atoms with Crippen molar-refractivity contribution in [3.05, 3.63) is 113 Å². The van der Waals surface area contributed by atoms with Crippen molar-refractivity contribution in [3.8, 4) is 5.69 Å². The Morgan fingerprint density at radius 1 is 0.969 bits per heavy atom. The third kappa shape index (κ3) is 4.47. The zero-order valence-corrected chi connectivity index (χ0v) is 18.7. The zero-order valence-electron chi connectivity index (χ0n) is 18.7. The minimum atomic E-state index is -0.322. The Morgan fingerprint density at radius 3 is 2.34 bits per heavy atom. The van der Waals surface area contributed by atoms with Crippen LogP contribution >= 0.6 is 0 Å². The molecule has 1 atom stereocenters. The predicted molar refractivity (Wildman–Crippen MR) is 127 cm³/mol. The highest BCUT2D eigenvalue weighted by Crippen LogP contribution is 2.22. The standard InChI is InChI=1S/C27H28N4O/c1-4-10-24-19(2)30-31(20(24)3)23-16-14-22(15-17-23)27(32)29-26(21-11-6-5-7-12-21)25-13-8-9-18-28-25/h5-9,11-18,26H,4,10H2,1-3H3,(H,29,32). The quantitative estimate of drug-likeness (QED) is 0.435. The van der Waals surface area contributed by atoms with Crippen LogP contribution in [-0.2, 0) is 6.42 Å². The van der Waals surface area contributed by atoms with Gasteiger partial charge in [-0.1, -0.05) is 49.7 Å². The van der Waals surface area contributed by atoms with E-state index in [1.165, 1.54) is 5.56 Å². The van der Waals surface area contributed by atoms with Crippen molar-refractivity contribution >= 4 is 5.91 Å². The van der Waals surface area contributed by atoms with Crippen molar-refractivity contribution in [2.75, 3.05) is 0 Å². The molecule has 0 saturated heterocycles. The first-order valence-electron chi connectivity index (χ1n) is 11.0. The molecule has 0 radical (unpaired) electrons. The van der Waals surface area contributed by atoms with Crippen LogP contribution < -0.4 is 5.32 Å². The van der Waals surface area contributed by atoms with Crippen LogP contribution in [0.3, 0.4) is 0 Å². The number of rotatable bonds is 7. The van der Waals surface area contributed by atoms with Gasteiger partial charge in [-0.25, -0.2) is 4.68 Å². The van der Waals surface area contributed by atoms with E-state index in [4.69, 9.17) is 5.10 Å². The van der Waals surface area contributed by atoms with Gasteiger partial charge in [0.15, 0.2) is 0 Å². The van der Waals surface area contributed by atoms with Crippen LogP contribution in [0.25, 0.3) is 5.69 Å². The van der Waals surface area contributed by atoms with E-state index in [1.54, 1.807) is 6.20 Å². The van der Waals surface area contributed by atoms with Crippen molar-refractivity contribution in [3.63, 3.8) is 0 Å². The number of nitrogens with zero attached hydrogens (tertiary/aromatic N) is 3. The number of carbonyl (C=O) groups is 1. The maximum Gasteiger partial charge on any atom is 0.252 e. The van der Waals surface area contributed by atoms with E-state index in [0.29, 0.717) is 5.56 Å². The Balaban J connectivity index is 1.58. The largest absolute Gasteiger partial charge is 0.340 e. The molecule has 0 saturated carbocycles. The second-order valence-corrected chi connectivity index (χ2v) is 7.93. The molecule has 2 aromatic carbocycles. The number of amides is 1. The summed E-state index contributed by atoms with van der Waals surface area (Å²) in [6, 6.07) is 22.9. The van der Waals surface area contributed by atoms with Crippen molar-refractivity contribution < 1.29 is 4.79 Å². The monoisotopic (exact) mass is 424 g/mol. The van der Waals surface area contributed by atoms with Crippen molar-refractivity contribution in [1.29, 1.82) is 0 Å². The van der Waals surface area contributed by atoms with Crippen LogP contribution in [-0.4, -0.2) is 20.7 Å². The fourth-order valence-corrected chi connectivity index (χ4v) is 4.03. The molecule has 4 aromatic rings. The molecule has 0 aliphatic carbocycles. The summed E-state index contributed by atoms with van der Waals surface area (Å²) in [6.07, 6.45) is 3.85. The number of aryl methyl sites for hydroxylation is 1. The second kappa shape index (κ2) is 9.60. The van der Waals surface area contributed by atoms with Gasteiger partial charge >= 0.3 is 0 Å². The van der Waals surface area contributed by atoms with Gasteiger partial charge in [-0.2, -0.15) is 5.10 Å². The fraction of sp³-hybridized carbons (Fsp3) is 0.222. The van der Waals surface area contributed by atoms with E-state index in [9.17, 15) is 4.79 Å². The first-order chi connectivity index (χ1) is 15.6. The van der Waals surface area contributed by atoms with Gasteiger partial charge < -0.3 is 5.32 Å². The van der Waals surface area contributed by atoms with Gasteiger partial charge in [0.2, 0.25) is 0 Å². The maximum absolute atomic E-state index is 13.1. The van der Waals surface area contributed by atoms with E-state index < -0.39 is 0 Å². The molecule has 1 N–H and O–H groups in total. The summed E-state index contributed by atoms with van der Waals surface area (Å²) in [5.74, 6) is -0.143. The third-order valence-corrected chi connectivity index (χ3v) is 5.71. The van der Waals surface area contributed by atoms with Gasteiger partial charge in [-0.15, -0.1) is 0 Å². The molecule has 0 bridgehead atoms. The van der Waals surface area contributed by atoms with Gasteiger partial charge in [-0.3, -0.25) is 9.78 Å². The lowest BCUT2D eigenvalue weighted by molar-refractivity contribution is 0.0942. The smallest absolute Gasteiger partial charge is 0.252 e. The van der Waals surface area contributed by atoms with Crippen molar-refractivity contribution in [1.82, 2.24) is 20.1 Å². The molecule has 32 heavy (non-hydrogen) atoms. The number of pyridine rings is 1. The Hall–Kier alpha value is -3.73. The average Bonchev–Trinajstić information content (AvgIpc) is 3.12. The van der Waals surface area contributed by atoms with Gasteiger partial charge in [0, 0.05) is 17.5 Å². The molecule has 2 heterocycles. The molecule has 1 unspecified atom stereocenters. The molecule has 5 heteroatoms. The highest BCUT2D eigenvalue weighted by molar-refractivity contribution is 5.94. The van der Waals surface area contributed by atoms with Gasteiger partial charge in [0.25, 0.3) is 5.91 Å². The van der Waals surface area contributed by atoms with E-state index in [2.05, 4.69) is 31.1 Å². The summed E-state index contributed by atoms with van der Waals surface area (Å²) in [4.78, 5) is 17.6. The first-order valence-corrected chi connectivity index (χ1v) is 11.0. The Labute approximate surface area is 189 Å². The van der Waals surface area contributed by atoms with Crippen LogP contribution in [0.15, 0.2) is 79.0 Å². The molecule has 2 aromatic heterocycles. The topological polar surface area (TPSA) is 59.8 Å². The van der Waals surface area contributed by atoms with Crippen LogP contribution in [0.2, 0.25) is 0 Å². The third-order valence-electron chi connectivity index (χ3n) is 5.71. The summed E-state index contributed by atoms with van der Waals surface area (Å²) in [6.45, 7) is 6.33. The van der Waals surface area contributed by atoms with Gasteiger partial charge in [0.1, 0.15) is 0 Å². The van der Waals surface area contributed by atoms with Crippen LogP contribution in [0.5, 0.6) is 0 Å². The molecule has 0 fully saturated rings. The number of hydrogen-bond donors (Lipinski definition) is 1. The Kier molecular flexibility index (Phi) is 6.45. The fourth-order valence-electron chi connectivity index (χ4n) is 4.03. The van der Waals surface area contributed by atoms with Gasteiger partial charge in [-0.05, 0) is 67.8 Å². The van der Waals surface area contributed by atoms with Crippen molar-refractivity contribution in [2.24, 2.45) is 0 Å². The summed E-state index contributed by atoms with van der Waals surface area (Å²) < 4.78 is 1.96. The van der Waals surface area contributed by atoms with Crippen LogP contribution in [0.4, 0.5) is 0 Å². The van der Waals surface area contributed by atoms with E-state index >= 15 is 0 Å². The van der Waals surface area contributed by atoms with E-state index in [-0.39, 0.29) is 11.9 Å². The molecule has 0 aliphatic rings. The summed E-state index contributed by atoms with van der Waals surface area (Å²) >= 11 is 0. The van der Waals surface area contributed by atoms with Crippen LogP contribution in [0, 0.1) is 13.8 Å². The second-order valence-electron chi connectivity index (χ2n) is 7.93. The summed E-state index contributed by atoms with van der Waals surface area (Å²) in [7, 11) is 0. The lowest BCUT2D eigenvalue weighted by Crippen LogP contribution is -2.29. The summed E-state index contributed by atoms with van der Waals surface area (Å²) in [5, 5.41) is 7.85. The number of nitrogens with one attached hydrogen (secondary N) is 1. The Bertz CT molecular complexity index is 1140. The summed E-state index contributed by atoms with van der Waals surface area (Å²) in [5.41, 5.74) is 6.86. The molecule has 4 rings (SSSR count). The SMILES string of the molecule is CCCc1c(C)nn(-c2ccc(C(=O)NC(c3ccccc3)c3ccccn3)cc2)c1C. The number of carbonyl (C=O) groups excluding carboxylic acids is 1. The molecular weight excluding hydrogens is 396 g/mol. The lowest BCUT2D eigenvalue weighted by Gasteiger charge is -2.19. The normalized spacial score (nSPS) is 11.8. The molecule has 0 spiro atoms. The zero-order chi connectivity index (χ0) is 22.5. The van der Waals surface area contributed by atoms with Gasteiger partial charge in [0.05, 0.1) is 23.1 Å². The average molecular weight is 425 g/mol. The minimum absolute atomic E-state index is 0.143. The highest BCUT2D eigenvalue weighted by atomic mass is 16.1. The Morgan fingerprint density at radius 2 is 1.69 bits per heavy atom. The van der Waals surface area contributed by atoms with Crippen molar-refractivity contribution in [2.45, 2.75) is 39.7 Å². The molecule has 162 valence electrons. The number of benzene rings is 2. The van der Waals surface area contributed by atoms with Crippen LogP contribution in [0.1, 0.15) is 58.0 Å². The molecule has 5 nitrogen and oxygen atoms in total. The maximum atomic E-state index is 13.1. The predicted octanol–water partition coefficient (Wildman–Crippen LogP) is 5.36. The first kappa shape index (κ1) is 21.5. The molecular formula is C27H28N4O. The molecule has 1 amide bonds. The number of aromatic nitrogens is 3. The van der Waals surface area contributed by atoms with E-state index in [1.807, 2.05) is 77.5 Å². The minimum Gasteiger partial charge on any atom is -0.340 e. The number of hydrogen-bond acceptors (Lipinski definition) is 3. The highest BCUT2D eigenvalue weighted by Gasteiger charge is 2.19. The lowest BCUT2D eigenvalue weighted by atomic mass is 10.0. The van der Waals surface area contributed by atoms with E-state index in [0.717, 1.165) is 41.2 Å². The molecule has 0 aliphatic heterocycles.